The van der Waals surface area contributed by atoms with Gasteiger partial charge in [0.15, 0.2) is 0 Å². The molecule has 0 spiro atoms. The summed E-state index contributed by atoms with van der Waals surface area (Å²) in [6.45, 7) is 11.0. The summed E-state index contributed by atoms with van der Waals surface area (Å²) in [4.78, 5) is 2.47. The van der Waals surface area contributed by atoms with Crippen LogP contribution < -0.4 is 0 Å². The Labute approximate surface area is 69.5 Å². The van der Waals surface area contributed by atoms with Crippen molar-refractivity contribution < 1.29 is 4.74 Å². The highest BCUT2D eigenvalue weighted by molar-refractivity contribution is 4.78. The van der Waals surface area contributed by atoms with Crippen molar-refractivity contribution >= 4 is 0 Å². The van der Waals surface area contributed by atoms with Crippen LogP contribution in [-0.2, 0) is 4.74 Å². The maximum atomic E-state index is 5.20. The first kappa shape index (κ1) is 9.01. The van der Waals surface area contributed by atoms with E-state index in [4.69, 9.17) is 4.74 Å². The summed E-state index contributed by atoms with van der Waals surface area (Å²) in [6.07, 6.45) is 0.528. The molecule has 1 saturated heterocycles. The minimum absolute atomic E-state index is 0.528. The van der Waals surface area contributed by atoms with Gasteiger partial charge in [-0.2, -0.15) is 0 Å². The second-order valence-corrected chi connectivity index (χ2v) is 3.84. The fourth-order valence-corrected chi connectivity index (χ4v) is 1.43. The Morgan fingerprint density at radius 3 is 2.00 bits per heavy atom. The van der Waals surface area contributed by atoms with Gasteiger partial charge in [0.1, 0.15) is 0 Å². The Morgan fingerprint density at radius 1 is 1.27 bits per heavy atom. The van der Waals surface area contributed by atoms with E-state index in [9.17, 15) is 0 Å². The smallest absolute Gasteiger partial charge is 0.0936 e. The van der Waals surface area contributed by atoms with Gasteiger partial charge in [-0.05, 0) is 27.7 Å². The minimum atomic E-state index is 0.528. The third-order valence-corrected chi connectivity index (χ3v) is 2.14. The van der Waals surface area contributed by atoms with Crippen molar-refractivity contribution in [2.75, 3.05) is 13.2 Å². The zero-order valence-electron chi connectivity index (χ0n) is 8.00. The maximum absolute atomic E-state index is 5.20. The number of hydrogen-bond acceptors (Lipinski definition) is 2. The minimum Gasteiger partial charge on any atom is -0.372 e. The lowest BCUT2D eigenvalue weighted by atomic mass is 10.2. The average molecular weight is 157 g/mol. The standard InChI is InChI=1S/C9H19NO/c1-7(2)10(8(3)4)5-9-6-11-9/h7-9H,5-6H2,1-4H3/t9-/m0/s1. The largest absolute Gasteiger partial charge is 0.372 e. The number of rotatable bonds is 4. The Hall–Kier alpha value is -0.0800. The van der Waals surface area contributed by atoms with Crippen molar-refractivity contribution in [2.45, 2.75) is 45.9 Å². The molecular weight excluding hydrogens is 138 g/mol. The zero-order chi connectivity index (χ0) is 8.43. The summed E-state index contributed by atoms with van der Waals surface area (Å²) in [6, 6.07) is 1.28. The molecule has 11 heavy (non-hydrogen) atoms. The lowest BCUT2D eigenvalue weighted by Crippen LogP contribution is -2.39. The van der Waals surface area contributed by atoms with E-state index in [1.807, 2.05) is 0 Å². The monoisotopic (exact) mass is 157 g/mol. The van der Waals surface area contributed by atoms with E-state index >= 15 is 0 Å². The summed E-state index contributed by atoms with van der Waals surface area (Å²) >= 11 is 0. The normalized spacial score (nSPS) is 23.7. The number of hydrogen-bond donors (Lipinski definition) is 0. The summed E-state index contributed by atoms with van der Waals surface area (Å²) in [5.74, 6) is 0. The first-order valence-electron chi connectivity index (χ1n) is 4.48. The zero-order valence-corrected chi connectivity index (χ0v) is 8.00. The first-order chi connectivity index (χ1) is 5.11. The van der Waals surface area contributed by atoms with Crippen molar-refractivity contribution in [1.82, 2.24) is 4.90 Å². The van der Waals surface area contributed by atoms with Gasteiger partial charge in [-0.1, -0.05) is 0 Å². The molecule has 0 bridgehead atoms. The summed E-state index contributed by atoms with van der Waals surface area (Å²) in [7, 11) is 0. The summed E-state index contributed by atoms with van der Waals surface area (Å²) in [5.41, 5.74) is 0. The van der Waals surface area contributed by atoms with Crippen LogP contribution in [0.2, 0.25) is 0 Å². The van der Waals surface area contributed by atoms with Crippen LogP contribution in [0.3, 0.4) is 0 Å². The molecule has 0 saturated carbocycles. The van der Waals surface area contributed by atoms with Gasteiger partial charge in [-0.3, -0.25) is 4.90 Å². The topological polar surface area (TPSA) is 15.8 Å². The Balaban J connectivity index is 2.31. The van der Waals surface area contributed by atoms with Crippen LogP contribution in [0.4, 0.5) is 0 Å². The lowest BCUT2D eigenvalue weighted by molar-refractivity contribution is 0.159. The van der Waals surface area contributed by atoms with Crippen molar-refractivity contribution in [2.24, 2.45) is 0 Å². The molecule has 0 N–H and O–H groups in total. The maximum Gasteiger partial charge on any atom is 0.0936 e. The molecule has 1 atom stereocenters. The van der Waals surface area contributed by atoms with Gasteiger partial charge >= 0.3 is 0 Å². The highest BCUT2D eigenvalue weighted by Gasteiger charge is 2.27. The van der Waals surface area contributed by atoms with Crippen LogP contribution in [0.15, 0.2) is 0 Å². The average Bonchev–Trinajstić information content (AvgIpc) is 2.63. The summed E-state index contributed by atoms with van der Waals surface area (Å²) < 4.78 is 5.20. The molecule has 0 amide bonds. The molecule has 2 heteroatoms. The number of epoxide rings is 1. The van der Waals surface area contributed by atoms with Crippen LogP contribution in [0.1, 0.15) is 27.7 Å². The van der Waals surface area contributed by atoms with Crippen LogP contribution in [-0.4, -0.2) is 36.2 Å². The van der Waals surface area contributed by atoms with Crippen LogP contribution in [0.25, 0.3) is 0 Å². The molecule has 1 rings (SSSR count). The highest BCUT2D eigenvalue weighted by Crippen LogP contribution is 2.14. The van der Waals surface area contributed by atoms with Gasteiger partial charge in [-0.25, -0.2) is 0 Å². The molecule has 0 radical (unpaired) electrons. The molecule has 0 aromatic rings. The Bertz CT molecular complexity index is 111. The third kappa shape index (κ3) is 2.80. The Morgan fingerprint density at radius 2 is 1.73 bits per heavy atom. The molecule has 0 aromatic carbocycles. The van der Waals surface area contributed by atoms with Gasteiger partial charge < -0.3 is 4.74 Å². The molecule has 1 aliphatic heterocycles. The molecule has 1 heterocycles. The summed E-state index contributed by atoms with van der Waals surface area (Å²) in [5, 5.41) is 0. The van der Waals surface area contributed by atoms with E-state index in [0.29, 0.717) is 18.2 Å². The number of nitrogens with zero attached hydrogens (tertiary/aromatic N) is 1. The van der Waals surface area contributed by atoms with Gasteiger partial charge in [0.25, 0.3) is 0 Å². The van der Waals surface area contributed by atoms with Gasteiger partial charge in [0, 0.05) is 18.6 Å². The predicted octanol–water partition coefficient (Wildman–Crippen LogP) is 1.50. The van der Waals surface area contributed by atoms with Crippen LogP contribution >= 0.6 is 0 Å². The highest BCUT2D eigenvalue weighted by atomic mass is 16.6. The molecule has 66 valence electrons. The second-order valence-electron chi connectivity index (χ2n) is 3.84. The van der Waals surface area contributed by atoms with E-state index in [0.717, 1.165) is 13.2 Å². The van der Waals surface area contributed by atoms with Crippen molar-refractivity contribution in [3.05, 3.63) is 0 Å². The quantitative estimate of drug-likeness (QED) is 0.575. The molecular formula is C9H19NO. The van der Waals surface area contributed by atoms with Gasteiger partial charge in [0.2, 0.25) is 0 Å². The van der Waals surface area contributed by atoms with E-state index in [1.165, 1.54) is 0 Å². The van der Waals surface area contributed by atoms with Crippen molar-refractivity contribution in [3.63, 3.8) is 0 Å². The van der Waals surface area contributed by atoms with E-state index < -0.39 is 0 Å². The van der Waals surface area contributed by atoms with Crippen LogP contribution in [0, 0.1) is 0 Å². The van der Waals surface area contributed by atoms with E-state index in [2.05, 4.69) is 32.6 Å². The van der Waals surface area contributed by atoms with Crippen LogP contribution in [0.5, 0.6) is 0 Å². The first-order valence-corrected chi connectivity index (χ1v) is 4.48. The molecule has 0 unspecified atom stereocenters. The molecule has 2 nitrogen and oxygen atoms in total. The third-order valence-electron chi connectivity index (χ3n) is 2.14. The van der Waals surface area contributed by atoms with Gasteiger partial charge in [0.05, 0.1) is 12.7 Å². The van der Waals surface area contributed by atoms with E-state index in [1.54, 1.807) is 0 Å². The van der Waals surface area contributed by atoms with Crippen molar-refractivity contribution in [1.29, 1.82) is 0 Å². The second kappa shape index (κ2) is 3.55. The van der Waals surface area contributed by atoms with E-state index in [-0.39, 0.29) is 0 Å². The molecule has 1 fully saturated rings. The fourth-order valence-electron chi connectivity index (χ4n) is 1.43. The Kier molecular flexibility index (Phi) is 2.90. The van der Waals surface area contributed by atoms with Gasteiger partial charge in [-0.15, -0.1) is 0 Å². The fraction of sp³-hybridized carbons (Fsp3) is 1.00. The molecule has 0 aromatic heterocycles. The molecule has 0 aliphatic carbocycles. The number of ether oxygens (including phenoxy) is 1. The van der Waals surface area contributed by atoms with Crippen molar-refractivity contribution in [3.8, 4) is 0 Å². The SMILES string of the molecule is CC(C)N(C[C@H]1CO1)C(C)C. The lowest BCUT2D eigenvalue weighted by Gasteiger charge is -2.29. The predicted molar refractivity (Wildman–Crippen MR) is 46.7 cm³/mol. The molecule has 1 aliphatic rings.